The number of halogens is 1. The van der Waals surface area contributed by atoms with Crippen LogP contribution >= 0.6 is 0 Å². The van der Waals surface area contributed by atoms with Crippen LogP contribution in [-0.2, 0) is 6.54 Å². The maximum absolute atomic E-state index is 14.4. The van der Waals surface area contributed by atoms with Gasteiger partial charge in [-0.15, -0.1) is 0 Å². The van der Waals surface area contributed by atoms with Crippen molar-refractivity contribution in [2.75, 3.05) is 37.6 Å². The molecule has 1 atom stereocenters. The molecule has 2 aliphatic rings. The number of hydrogen-bond donors (Lipinski definition) is 1. The number of anilines is 1. The zero-order valence-corrected chi connectivity index (χ0v) is 12.9. The summed E-state index contributed by atoms with van der Waals surface area (Å²) in [6, 6.07) is 6.34. The summed E-state index contributed by atoms with van der Waals surface area (Å²) >= 11 is 0. The zero-order valence-electron chi connectivity index (χ0n) is 12.9. The molecule has 0 bridgehead atoms. The molecule has 0 saturated carbocycles. The number of nitrogens with one attached hydrogen (secondary N) is 1. The average molecular weight is 291 g/mol. The molecule has 2 saturated heterocycles. The first-order valence-electron chi connectivity index (χ1n) is 8.26. The first-order valence-corrected chi connectivity index (χ1v) is 8.26. The first kappa shape index (κ1) is 14.8. The Hall–Kier alpha value is -1.13. The highest BCUT2D eigenvalue weighted by atomic mass is 19.1. The van der Waals surface area contributed by atoms with Crippen molar-refractivity contribution in [1.82, 2.24) is 10.2 Å². The Morgan fingerprint density at radius 3 is 3.00 bits per heavy atom. The lowest BCUT2D eigenvalue weighted by Crippen LogP contribution is -2.50. The minimum absolute atomic E-state index is 0.0720. The fourth-order valence-electron chi connectivity index (χ4n) is 3.54. The summed E-state index contributed by atoms with van der Waals surface area (Å²) in [5.74, 6) is -0.0720. The highest BCUT2D eigenvalue weighted by Gasteiger charge is 2.31. The van der Waals surface area contributed by atoms with E-state index in [1.165, 1.54) is 19.4 Å². The molecule has 1 aromatic carbocycles. The molecule has 1 N–H and O–H groups in total. The molecule has 0 amide bonds. The van der Waals surface area contributed by atoms with E-state index in [0.29, 0.717) is 6.04 Å². The zero-order chi connectivity index (χ0) is 14.7. The Bertz CT molecular complexity index is 477. The molecule has 3 rings (SSSR count). The Morgan fingerprint density at radius 2 is 2.19 bits per heavy atom. The van der Waals surface area contributed by atoms with Crippen molar-refractivity contribution in [3.05, 3.63) is 29.6 Å². The summed E-state index contributed by atoms with van der Waals surface area (Å²) in [5.41, 5.74) is 1.81. The summed E-state index contributed by atoms with van der Waals surface area (Å²) in [5, 5.41) is 3.32. The number of rotatable bonds is 5. The number of piperazine rings is 1. The maximum atomic E-state index is 14.4. The molecule has 2 fully saturated rings. The SMILES string of the molecule is CCCNCc1ccc(N2CCN3CCCC3C2)c(F)c1. The molecule has 3 nitrogen and oxygen atoms in total. The molecule has 116 valence electrons. The van der Waals surface area contributed by atoms with Crippen molar-refractivity contribution in [2.45, 2.75) is 38.8 Å². The van der Waals surface area contributed by atoms with E-state index >= 15 is 0 Å². The van der Waals surface area contributed by atoms with E-state index in [9.17, 15) is 4.39 Å². The van der Waals surface area contributed by atoms with Gasteiger partial charge >= 0.3 is 0 Å². The second-order valence-corrected chi connectivity index (χ2v) is 6.24. The molecule has 4 heteroatoms. The molecule has 1 unspecified atom stereocenters. The van der Waals surface area contributed by atoms with E-state index in [0.717, 1.165) is 50.4 Å². The molecule has 21 heavy (non-hydrogen) atoms. The third-order valence-electron chi connectivity index (χ3n) is 4.70. The summed E-state index contributed by atoms with van der Waals surface area (Å²) in [4.78, 5) is 4.78. The minimum atomic E-state index is -0.0720. The van der Waals surface area contributed by atoms with Gasteiger partial charge in [0.15, 0.2) is 0 Å². The number of nitrogens with zero attached hydrogens (tertiary/aromatic N) is 2. The van der Waals surface area contributed by atoms with E-state index in [4.69, 9.17) is 0 Å². The lowest BCUT2D eigenvalue weighted by Gasteiger charge is -2.39. The van der Waals surface area contributed by atoms with Gasteiger partial charge in [0.2, 0.25) is 0 Å². The third-order valence-corrected chi connectivity index (χ3v) is 4.70. The Balaban J connectivity index is 1.65. The summed E-state index contributed by atoms with van der Waals surface area (Å²) in [6.07, 6.45) is 3.66. The van der Waals surface area contributed by atoms with Crippen molar-refractivity contribution >= 4 is 5.69 Å². The first-order chi connectivity index (χ1) is 10.3. The van der Waals surface area contributed by atoms with E-state index in [1.807, 2.05) is 6.07 Å². The highest BCUT2D eigenvalue weighted by Crippen LogP contribution is 2.27. The van der Waals surface area contributed by atoms with Gasteiger partial charge in [-0.25, -0.2) is 4.39 Å². The van der Waals surface area contributed by atoms with Gasteiger partial charge in [-0.2, -0.15) is 0 Å². The van der Waals surface area contributed by atoms with Crippen molar-refractivity contribution in [2.24, 2.45) is 0 Å². The van der Waals surface area contributed by atoms with Crippen LogP contribution in [0.15, 0.2) is 18.2 Å². The molecular formula is C17H26FN3. The van der Waals surface area contributed by atoms with Gasteiger partial charge in [0.1, 0.15) is 5.82 Å². The standard InChI is InChI=1S/C17H26FN3/c1-2-7-19-12-14-5-6-17(16(18)11-14)21-10-9-20-8-3-4-15(20)13-21/h5-6,11,15,19H,2-4,7-10,12-13H2,1H3. The average Bonchev–Trinajstić information content (AvgIpc) is 2.95. The monoisotopic (exact) mass is 291 g/mol. The Morgan fingerprint density at radius 1 is 1.29 bits per heavy atom. The molecule has 0 spiro atoms. The molecular weight excluding hydrogens is 265 g/mol. The van der Waals surface area contributed by atoms with Gasteiger partial charge in [-0.1, -0.05) is 13.0 Å². The van der Waals surface area contributed by atoms with Crippen LogP contribution in [0.25, 0.3) is 0 Å². The predicted molar refractivity (Wildman–Crippen MR) is 85.2 cm³/mol. The third kappa shape index (κ3) is 3.38. The van der Waals surface area contributed by atoms with Crippen molar-refractivity contribution in [3.8, 4) is 0 Å². The normalized spacial score (nSPS) is 22.6. The second kappa shape index (κ2) is 6.75. The van der Waals surface area contributed by atoms with Gasteiger partial charge in [-0.05, 0) is 50.0 Å². The van der Waals surface area contributed by atoms with Gasteiger partial charge in [0.25, 0.3) is 0 Å². The van der Waals surface area contributed by atoms with Crippen LogP contribution in [0, 0.1) is 5.82 Å². The smallest absolute Gasteiger partial charge is 0.146 e. The van der Waals surface area contributed by atoms with E-state index < -0.39 is 0 Å². The topological polar surface area (TPSA) is 18.5 Å². The van der Waals surface area contributed by atoms with Crippen LogP contribution in [-0.4, -0.2) is 43.7 Å². The number of fused-ring (bicyclic) bond motifs is 1. The fraction of sp³-hybridized carbons (Fsp3) is 0.647. The quantitative estimate of drug-likeness (QED) is 0.841. The lowest BCUT2D eigenvalue weighted by molar-refractivity contribution is 0.230. The van der Waals surface area contributed by atoms with Crippen LogP contribution in [0.1, 0.15) is 31.7 Å². The second-order valence-electron chi connectivity index (χ2n) is 6.24. The van der Waals surface area contributed by atoms with Crippen LogP contribution in [0.3, 0.4) is 0 Å². The molecule has 2 aliphatic heterocycles. The molecule has 0 aliphatic carbocycles. The van der Waals surface area contributed by atoms with Crippen molar-refractivity contribution in [1.29, 1.82) is 0 Å². The largest absolute Gasteiger partial charge is 0.366 e. The Labute approximate surface area is 127 Å². The van der Waals surface area contributed by atoms with Gasteiger partial charge < -0.3 is 10.2 Å². The van der Waals surface area contributed by atoms with Crippen LogP contribution in [0.4, 0.5) is 10.1 Å². The fourth-order valence-corrected chi connectivity index (χ4v) is 3.54. The number of hydrogen-bond acceptors (Lipinski definition) is 3. The summed E-state index contributed by atoms with van der Waals surface area (Å²) < 4.78 is 14.4. The molecule has 2 heterocycles. The highest BCUT2D eigenvalue weighted by molar-refractivity contribution is 5.50. The van der Waals surface area contributed by atoms with Crippen LogP contribution < -0.4 is 10.2 Å². The van der Waals surface area contributed by atoms with Crippen molar-refractivity contribution in [3.63, 3.8) is 0 Å². The number of benzene rings is 1. The molecule has 0 radical (unpaired) electrons. The minimum Gasteiger partial charge on any atom is -0.366 e. The van der Waals surface area contributed by atoms with Gasteiger partial charge in [0, 0.05) is 32.2 Å². The van der Waals surface area contributed by atoms with Crippen molar-refractivity contribution < 1.29 is 4.39 Å². The van der Waals surface area contributed by atoms with Crippen LogP contribution in [0.5, 0.6) is 0 Å². The van der Waals surface area contributed by atoms with E-state index in [2.05, 4.69) is 28.1 Å². The molecule has 0 aromatic heterocycles. The van der Waals surface area contributed by atoms with E-state index in [-0.39, 0.29) is 5.82 Å². The van der Waals surface area contributed by atoms with E-state index in [1.54, 1.807) is 6.07 Å². The lowest BCUT2D eigenvalue weighted by atomic mass is 10.1. The Kier molecular flexibility index (Phi) is 4.76. The predicted octanol–water partition coefficient (Wildman–Crippen LogP) is 2.61. The summed E-state index contributed by atoms with van der Waals surface area (Å²) in [7, 11) is 0. The molecule has 1 aromatic rings. The van der Waals surface area contributed by atoms with Gasteiger partial charge in [0.05, 0.1) is 5.69 Å². The maximum Gasteiger partial charge on any atom is 0.146 e. The van der Waals surface area contributed by atoms with Crippen LogP contribution in [0.2, 0.25) is 0 Å². The van der Waals surface area contributed by atoms with Gasteiger partial charge in [-0.3, -0.25) is 4.90 Å². The summed E-state index contributed by atoms with van der Waals surface area (Å²) in [6.45, 7) is 8.09.